The molecule has 1 saturated carbocycles. The van der Waals surface area contributed by atoms with Crippen LogP contribution in [0.2, 0.25) is 0 Å². The van der Waals surface area contributed by atoms with Crippen LogP contribution in [-0.4, -0.2) is 70.4 Å². The number of aromatic nitrogens is 1. The maximum Gasteiger partial charge on any atom is 0.573 e. The molecule has 7 nitrogen and oxygen atoms in total. The number of alkyl halides is 3. The zero-order valence-electron chi connectivity index (χ0n) is 26.4. The molecule has 0 saturated heterocycles. The van der Waals surface area contributed by atoms with Crippen LogP contribution >= 0.6 is 0 Å². The molecule has 3 aromatic rings. The van der Waals surface area contributed by atoms with Gasteiger partial charge in [-0.2, -0.15) is 0 Å². The number of nitrogens with zero attached hydrogens (tertiary/aromatic N) is 3. The summed E-state index contributed by atoms with van der Waals surface area (Å²) in [5.74, 6) is -1.56. The van der Waals surface area contributed by atoms with Crippen LogP contribution in [0, 0.1) is 0 Å². The van der Waals surface area contributed by atoms with E-state index in [9.17, 15) is 27.9 Å². The van der Waals surface area contributed by atoms with E-state index in [1.807, 2.05) is 38.5 Å². The number of carboxylic acids is 1. The lowest BCUT2D eigenvalue weighted by molar-refractivity contribution is -0.274. The van der Waals surface area contributed by atoms with Gasteiger partial charge in [-0.15, -0.1) is 13.2 Å². The second-order valence-electron chi connectivity index (χ2n) is 12.2. The second-order valence-corrected chi connectivity index (χ2v) is 12.2. The van der Waals surface area contributed by atoms with E-state index in [-0.39, 0.29) is 41.3 Å². The minimum absolute atomic E-state index is 0.0805. The molecule has 45 heavy (non-hydrogen) atoms. The number of hydrogen-bond donors (Lipinski definition) is 1. The molecule has 2 aromatic carbocycles. The third-order valence-electron chi connectivity index (χ3n) is 9.41. The highest BCUT2D eigenvalue weighted by Crippen LogP contribution is 2.48. The summed E-state index contributed by atoms with van der Waals surface area (Å²) in [5.41, 5.74) is 3.54. The van der Waals surface area contributed by atoms with Gasteiger partial charge in [-0.05, 0) is 75.5 Å². The van der Waals surface area contributed by atoms with Gasteiger partial charge in [0, 0.05) is 46.7 Å². The number of amides is 1. The first-order valence-corrected chi connectivity index (χ1v) is 16.0. The van der Waals surface area contributed by atoms with Gasteiger partial charge >= 0.3 is 12.3 Å². The van der Waals surface area contributed by atoms with Crippen molar-refractivity contribution in [2.45, 2.75) is 84.2 Å². The predicted octanol–water partition coefficient (Wildman–Crippen LogP) is 7.93. The summed E-state index contributed by atoms with van der Waals surface area (Å²) in [4.78, 5) is 30.5. The first-order valence-electron chi connectivity index (χ1n) is 16.0. The molecule has 1 fully saturated rings. The Morgan fingerprint density at radius 1 is 1.07 bits per heavy atom. The molecule has 1 amide bonds. The molecule has 10 heteroatoms. The van der Waals surface area contributed by atoms with Crippen molar-refractivity contribution in [1.82, 2.24) is 14.4 Å². The molecule has 1 unspecified atom stereocenters. The van der Waals surface area contributed by atoms with Crippen molar-refractivity contribution in [2.75, 3.05) is 26.7 Å². The van der Waals surface area contributed by atoms with Crippen LogP contribution in [0.4, 0.5) is 13.2 Å². The largest absolute Gasteiger partial charge is 0.573 e. The average molecular weight is 626 g/mol. The Labute approximate surface area is 262 Å². The lowest BCUT2D eigenvalue weighted by Gasteiger charge is -2.33. The van der Waals surface area contributed by atoms with Crippen molar-refractivity contribution in [2.24, 2.45) is 0 Å². The molecule has 2 aliphatic rings. The highest BCUT2D eigenvalue weighted by molar-refractivity contribution is 6.04. The third-order valence-corrected chi connectivity index (χ3v) is 9.41. The SMILES string of the molecule is CCC(CN(C)CC)N(CC)C(=O)C1=Cc2c(OC(F)(F)F)cccc2-c2c(C3CCCCC3)c3ccc(C(=O)O)cc3n2C1. The summed E-state index contributed by atoms with van der Waals surface area (Å²) in [5, 5.41) is 10.7. The lowest BCUT2D eigenvalue weighted by Crippen LogP contribution is -2.46. The van der Waals surface area contributed by atoms with Gasteiger partial charge in [0.15, 0.2) is 0 Å². The minimum atomic E-state index is -4.93. The molecule has 1 aliphatic heterocycles. The second kappa shape index (κ2) is 13.3. The lowest BCUT2D eigenvalue weighted by atomic mass is 9.81. The Hall–Kier alpha value is -3.79. The maximum atomic E-state index is 14.5. The van der Waals surface area contributed by atoms with Gasteiger partial charge in [-0.3, -0.25) is 4.79 Å². The molecular formula is C35H42F3N3O4. The Bertz CT molecular complexity index is 1600. The molecule has 242 valence electrons. The van der Waals surface area contributed by atoms with E-state index in [4.69, 9.17) is 0 Å². The van der Waals surface area contributed by atoms with Crippen LogP contribution in [0.25, 0.3) is 28.2 Å². The number of carbonyl (C=O) groups excluding carboxylic acids is 1. The maximum absolute atomic E-state index is 14.5. The summed E-state index contributed by atoms with van der Waals surface area (Å²) >= 11 is 0. The summed E-state index contributed by atoms with van der Waals surface area (Å²) in [6.07, 6.45) is 2.37. The van der Waals surface area contributed by atoms with Crippen molar-refractivity contribution >= 4 is 28.9 Å². The monoisotopic (exact) mass is 625 g/mol. The van der Waals surface area contributed by atoms with Crippen LogP contribution in [-0.2, 0) is 11.3 Å². The Balaban J connectivity index is 1.78. The molecule has 0 spiro atoms. The van der Waals surface area contributed by atoms with E-state index in [0.29, 0.717) is 36.2 Å². The van der Waals surface area contributed by atoms with Crippen LogP contribution in [0.1, 0.15) is 86.7 Å². The fraction of sp³-hybridized carbons (Fsp3) is 0.486. The topological polar surface area (TPSA) is 75.0 Å². The number of fused-ring (bicyclic) bond motifs is 5. The van der Waals surface area contributed by atoms with Gasteiger partial charge in [0.25, 0.3) is 5.91 Å². The van der Waals surface area contributed by atoms with Gasteiger partial charge in [0.2, 0.25) is 0 Å². The van der Waals surface area contributed by atoms with Gasteiger partial charge in [0.1, 0.15) is 5.75 Å². The molecule has 0 bridgehead atoms. The number of hydrogen-bond acceptors (Lipinski definition) is 4. The molecule has 2 heterocycles. The standard InChI is InChI=1S/C35H42F3N3O4/c1-5-25(21-39(4)6-2)40(7-3)33(42)24-18-28-26(14-11-15-30(28)45-35(36,37)38)32-31(22-12-9-8-10-13-22)27-17-16-23(34(43)44)19-29(27)41(32)20-24/h11,14-19,22,25H,5-10,12-13,20-21H2,1-4H3,(H,43,44). The minimum Gasteiger partial charge on any atom is -0.478 e. The van der Waals surface area contributed by atoms with Crippen LogP contribution in [0.3, 0.4) is 0 Å². The highest BCUT2D eigenvalue weighted by atomic mass is 19.4. The molecule has 5 rings (SSSR count). The molecule has 1 N–H and O–H groups in total. The Morgan fingerprint density at radius 3 is 2.42 bits per heavy atom. The zero-order valence-corrected chi connectivity index (χ0v) is 26.4. The molecule has 1 aliphatic carbocycles. The first-order chi connectivity index (χ1) is 21.5. The van der Waals surface area contributed by atoms with E-state index in [1.54, 1.807) is 35.2 Å². The number of benzene rings is 2. The zero-order chi connectivity index (χ0) is 32.5. The van der Waals surface area contributed by atoms with Crippen LogP contribution in [0.5, 0.6) is 5.75 Å². The van der Waals surface area contributed by atoms with Gasteiger partial charge in [-0.25, -0.2) is 4.79 Å². The quantitative estimate of drug-likeness (QED) is 0.248. The van der Waals surface area contributed by atoms with Gasteiger partial charge in [0.05, 0.1) is 17.8 Å². The van der Waals surface area contributed by atoms with E-state index >= 15 is 0 Å². The fourth-order valence-corrected chi connectivity index (χ4v) is 7.09. The van der Waals surface area contributed by atoms with E-state index in [0.717, 1.165) is 55.3 Å². The van der Waals surface area contributed by atoms with Crippen LogP contribution in [0.15, 0.2) is 42.0 Å². The predicted molar refractivity (Wildman–Crippen MR) is 169 cm³/mol. The van der Waals surface area contributed by atoms with Gasteiger partial charge in [-0.1, -0.05) is 51.3 Å². The number of rotatable bonds is 10. The first kappa shape index (κ1) is 32.6. The Morgan fingerprint density at radius 2 is 1.80 bits per heavy atom. The summed E-state index contributed by atoms with van der Waals surface area (Å²) in [7, 11) is 1.99. The number of likely N-dealkylation sites (N-methyl/N-ethyl adjacent to an activating group) is 2. The molecular weight excluding hydrogens is 583 g/mol. The van der Waals surface area contributed by atoms with Crippen molar-refractivity contribution < 1.29 is 32.6 Å². The normalized spacial score (nSPS) is 16.1. The van der Waals surface area contributed by atoms with Crippen molar-refractivity contribution in [1.29, 1.82) is 0 Å². The number of ether oxygens (including phenoxy) is 1. The summed E-state index contributed by atoms with van der Waals surface area (Å²) in [6, 6.07) is 9.53. The van der Waals surface area contributed by atoms with Crippen LogP contribution < -0.4 is 4.74 Å². The smallest absolute Gasteiger partial charge is 0.478 e. The van der Waals surface area contributed by atoms with Crippen molar-refractivity contribution in [3.8, 4) is 17.0 Å². The number of carboxylic acid groups (broad SMARTS) is 1. The van der Waals surface area contributed by atoms with Crippen molar-refractivity contribution in [3.05, 3.63) is 58.7 Å². The van der Waals surface area contributed by atoms with E-state index in [2.05, 4.69) is 9.64 Å². The summed E-state index contributed by atoms with van der Waals surface area (Å²) < 4.78 is 47.7. The number of halogens is 3. The average Bonchev–Trinajstić information content (AvgIpc) is 3.22. The Kier molecular flexibility index (Phi) is 9.63. The highest BCUT2D eigenvalue weighted by Gasteiger charge is 2.36. The molecule has 0 radical (unpaired) electrons. The number of carbonyl (C=O) groups is 2. The third kappa shape index (κ3) is 6.61. The summed E-state index contributed by atoms with van der Waals surface area (Å²) in [6.45, 7) is 7.96. The van der Waals surface area contributed by atoms with E-state index in [1.165, 1.54) is 6.07 Å². The molecule has 1 atom stereocenters. The number of aromatic carboxylic acids is 1. The molecule has 1 aromatic heterocycles. The van der Waals surface area contributed by atoms with Crippen molar-refractivity contribution in [3.63, 3.8) is 0 Å². The van der Waals surface area contributed by atoms with Gasteiger partial charge < -0.3 is 24.2 Å². The fourth-order valence-electron chi connectivity index (χ4n) is 7.09. The van der Waals surface area contributed by atoms with E-state index < -0.39 is 12.3 Å².